The van der Waals surface area contributed by atoms with E-state index in [4.69, 9.17) is 15.2 Å². The summed E-state index contributed by atoms with van der Waals surface area (Å²) in [6, 6.07) is 16.9. The van der Waals surface area contributed by atoms with Crippen LogP contribution in [0.3, 0.4) is 0 Å². The van der Waals surface area contributed by atoms with E-state index in [-0.39, 0.29) is 45.4 Å². The van der Waals surface area contributed by atoms with Gasteiger partial charge in [0, 0.05) is 33.9 Å². The van der Waals surface area contributed by atoms with Gasteiger partial charge in [-0.05, 0) is 35.7 Å². The molecule has 0 aromatic heterocycles. The van der Waals surface area contributed by atoms with Crippen molar-refractivity contribution in [2.24, 2.45) is 0 Å². The smallest absolute Gasteiger partial charge is 0.271 e. The van der Waals surface area contributed by atoms with Crippen molar-refractivity contribution in [2.75, 3.05) is 12.8 Å². The molecule has 4 N–H and O–H groups in total. The summed E-state index contributed by atoms with van der Waals surface area (Å²) in [6.07, 6.45) is 0. The van der Waals surface area contributed by atoms with Gasteiger partial charge in [-0.2, -0.15) is 0 Å². The molecule has 3 aromatic carbocycles. The molecule has 0 saturated carbocycles. The number of ketones is 1. The summed E-state index contributed by atoms with van der Waals surface area (Å²) in [5.41, 5.74) is 6.36. The van der Waals surface area contributed by atoms with E-state index in [2.05, 4.69) is 5.32 Å². The fraction of sp³-hybridized carbons (Fsp3) is 0.231. The van der Waals surface area contributed by atoms with Gasteiger partial charge in [-0.3, -0.25) is 9.59 Å². The van der Waals surface area contributed by atoms with Crippen LogP contribution in [0.15, 0.2) is 60.7 Å². The summed E-state index contributed by atoms with van der Waals surface area (Å²) in [5, 5.41) is 14.8. The molecular weight excluding hydrogens is 476 g/mol. The maximum atomic E-state index is 14.0. The maximum absolute atomic E-state index is 14.0. The monoisotopic (exact) mass is 500 g/mol. The number of nitrogens with one attached hydrogen (secondary N) is 1. The number of fused-ring (bicyclic) bond motifs is 5. The molecule has 1 amide bonds. The average molecular weight is 500 g/mol. The predicted octanol–water partition coefficient (Wildman–Crippen LogP) is 3.46. The Morgan fingerprint density at radius 1 is 1.09 bits per heavy atom. The summed E-state index contributed by atoms with van der Waals surface area (Å²) in [6.45, 7) is 4.07. The van der Waals surface area contributed by atoms with E-state index in [9.17, 15) is 14.7 Å². The van der Waals surface area contributed by atoms with Gasteiger partial charge >= 0.3 is 0 Å². The molecule has 0 saturated heterocycles. The zero-order valence-electron chi connectivity index (χ0n) is 18.9. The normalized spacial score (nSPS) is 21.7. The second-order valence-electron chi connectivity index (χ2n) is 8.66. The largest absolute Gasteiger partial charge is 0.496 e. The molecule has 0 fully saturated rings. The molecule has 34 heavy (non-hydrogen) atoms. The van der Waals surface area contributed by atoms with Crippen molar-refractivity contribution in [3.05, 3.63) is 88.5 Å². The van der Waals surface area contributed by atoms with Crippen LogP contribution in [-0.2, 0) is 28.4 Å². The molecule has 8 heteroatoms. The number of carbonyl (C=O) groups excluding carboxylic acids is 2. The van der Waals surface area contributed by atoms with Gasteiger partial charge in [0.15, 0.2) is 0 Å². The summed E-state index contributed by atoms with van der Waals surface area (Å²) in [7, 11) is 1.46. The van der Waals surface area contributed by atoms with Crippen molar-refractivity contribution in [3.63, 3.8) is 0 Å². The Hall–Kier alpha value is -3.32. The Bertz CT molecular complexity index is 1320. The first-order chi connectivity index (χ1) is 15.7. The Kier molecular flexibility index (Phi) is 5.72. The third kappa shape index (κ3) is 2.99. The van der Waals surface area contributed by atoms with Crippen LogP contribution in [-0.4, -0.2) is 23.9 Å². The minimum absolute atomic E-state index is 0. The number of benzene rings is 3. The molecule has 1 aliphatic heterocycles. The Morgan fingerprint density at radius 2 is 1.82 bits per heavy atom. The number of hydrogen-bond acceptors (Lipinski definition) is 6. The number of Topliss-reactive ketones (excluding diaryl/α,β-unsaturated/α-hetero) is 1. The quantitative estimate of drug-likeness (QED) is 0.374. The Labute approximate surface area is 207 Å². The number of carbonyl (C=O) groups is 2. The van der Waals surface area contributed by atoms with E-state index in [1.807, 2.05) is 19.9 Å². The van der Waals surface area contributed by atoms with E-state index < -0.39 is 23.0 Å². The van der Waals surface area contributed by atoms with Gasteiger partial charge in [0.1, 0.15) is 11.5 Å². The fourth-order valence-corrected chi connectivity index (χ4v) is 4.82. The average Bonchev–Trinajstić information content (AvgIpc) is 3.16. The number of hydrogen-bond donors (Lipinski definition) is 3. The van der Waals surface area contributed by atoms with Crippen molar-refractivity contribution in [2.45, 2.75) is 31.1 Å². The van der Waals surface area contributed by atoms with Crippen LogP contribution in [0, 0.1) is 0 Å². The first-order valence-electron chi connectivity index (χ1n) is 10.7. The zero-order valence-corrected chi connectivity index (χ0v) is 20.0. The molecule has 2 atom stereocenters. The van der Waals surface area contributed by atoms with Gasteiger partial charge in [-0.25, -0.2) is 0 Å². The number of nitrogens with two attached hydrogens (primary N) is 1. The molecule has 2 unspecified atom stereocenters. The van der Waals surface area contributed by atoms with E-state index in [0.29, 0.717) is 17.1 Å². The summed E-state index contributed by atoms with van der Waals surface area (Å²) in [4.78, 5) is 27.4. The van der Waals surface area contributed by atoms with E-state index >= 15 is 0 Å². The molecule has 0 radical (unpaired) electrons. The second-order valence-corrected chi connectivity index (χ2v) is 8.66. The van der Waals surface area contributed by atoms with Crippen LogP contribution >= 0.6 is 0 Å². The van der Waals surface area contributed by atoms with E-state index in [0.717, 1.165) is 5.56 Å². The maximum Gasteiger partial charge on any atom is 0.271 e. The number of anilines is 1. The number of rotatable bonds is 4. The van der Waals surface area contributed by atoms with Gasteiger partial charge < -0.3 is 25.6 Å². The number of para-hydroxylation sites is 1. The van der Waals surface area contributed by atoms with Crippen LogP contribution < -0.4 is 20.5 Å². The molecule has 5 rings (SSSR count). The van der Waals surface area contributed by atoms with Gasteiger partial charge in [0.25, 0.3) is 11.7 Å². The molecule has 1 heterocycles. The van der Waals surface area contributed by atoms with Crippen LogP contribution in [0.25, 0.3) is 0 Å². The zero-order chi connectivity index (χ0) is 23.5. The molecule has 0 spiro atoms. The van der Waals surface area contributed by atoms with Crippen LogP contribution in [0.5, 0.6) is 11.5 Å². The molecule has 176 valence electrons. The molecule has 7 nitrogen and oxygen atoms in total. The fourth-order valence-electron chi connectivity index (χ4n) is 4.82. The third-order valence-corrected chi connectivity index (χ3v) is 6.52. The van der Waals surface area contributed by atoms with Crippen molar-refractivity contribution in [1.82, 2.24) is 5.32 Å². The topological polar surface area (TPSA) is 111 Å². The number of nitrogen functional groups attached to an aromatic ring is 1. The van der Waals surface area contributed by atoms with Crippen LogP contribution in [0.2, 0.25) is 0 Å². The van der Waals surface area contributed by atoms with Crippen molar-refractivity contribution >= 4 is 17.4 Å². The van der Waals surface area contributed by atoms with Gasteiger partial charge in [-0.15, -0.1) is 0 Å². The third-order valence-electron chi connectivity index (χ3n) is 6.52. The van der Waals surface area contributed by atoms with Gasteiger partial charge in [0.05, 0.1) is 18.2 Å². The van der Waals surface area contributed by atoms with Crippen molar-refractivity contribution in [3.8, 4) is 11.5 Å². The minimum atomic E-state index is -2.16. The van der Waals surface area contributed by atoms with Crippen molar-refractivity contribution in [1.29, 1.82) is 0 Å². The van der Waals surface area contributed by atoms with E-state index in [1.165, 1.54) is 7.11 Å². The number of methoxy groups -OCH3 is 1. The molecular formula is C26H24FeN2O5. The van der Waals surface area contributed by atoms with Crippen LogP contribution in [0.1, 0.15) is 57.2 Å². The number of aliphatic hydroxyl groups is 1. The van der Waals surface area contributed by atoms with E-state index in [1.54, 1.807) is 54.6 Å². The standard InChI is InChI=1S/C26H24N2O5.Fe/c1-14(2)15-11-12-17-21(13-15)33-26(31)18-8-6-9-19(27)22(18)23(29)25(17,26)28-24(30)16-7-4-5-10-20(16)32-3;/h4-14,31H,27H2,1-3H3,(H,28,30);. The van der Waals surface area contributed by atoms with Gasteiger partial charge in [-0.1, -0.05) is 50.2 Å². The number of amides is 1. The first kappa shape index (κ1) is 23.8. The molecule has 3 aromatic rings. The minimum Gasteiger partial charge on any atom is -0.496 e. The SMILES string of the molecule is COc1ccccc1C(=O)NC12C(=O)c3c(N)cccc3C1(O)Oc1cc(C(C)C)ccc12.[Fe]. The molecule has 2 aliphatic rings. The summed E-state index contributed by atoms with van der Waals surface area (Å²) < 4.78 is 11.4. The molecule has 0 bridgehead atoms. The molecule has 1 aliphatic carbocycles. The Morgan fingerprint density at radius 3 is 2.53 bits per heavy atom. The number of ether oxygens (including phenoxy) is 2. The Balaban J connectivity index is 0.00000274. The summed E-state index contributed by atoms with van der Waals surface area (Å²) >= 11 is 0. The first-order valence-corrected chi connectivity index (χ1v) is 10.7. The summed E-state index contributed by atoms with van der Waals surface area (Å²) in [5.74, 6) is -2.40. The van der Waals surface area contributed by atoms with Crippen LogP contribution in [0.4, 0.5) is 5.69 Å². The van der Waals surface area contributed by atoms with Crippen molar-refractivity contribution < 1.29 is 41.2 Å². The second kappa shape index (κ2) is 8.16. The predicted molar refractivity (Wildman–Crippen MR) is 122 cm³/mol. The van der Waals surface area contributed by atoms with Gasteiger partial charge in [0.2, 0.25) is 11.3 Å².